The number of benzene rings is 1. The Labute approximate surface area is 141 Å². The van der Waals surface area contributed by atoms with Crippen molar-refractivity contribution in [3.63, 3.8) is 0 Å². The van der Waals surface area contributed by atoms with Crippen LogP contribution in [0.25, 0.3) is 0 Å². The van der Waals surface area contributed by atoms with Crippen LogP contribution in [0, 0.1) is 0 Å². The lowest BCUT2D eigenvalue weighted by Crippen LogP contribution is -2.28. The molecule has 23 heavy (non-hydrogen) atoms. The maximum Gasteiger partial charge on any atom is 0.232 e. The van der Waals surface area contributed by atoms with E-state index in [0.717, 1.165) is 5.56 Å². The van der Waals surface area contributed by atoms with E-state index in [1.54, 1.807) is 21.3 Å². The molecule has 1 aromatic carbocycles. The van der Waals surface area contributed by atoms with Crippen molar-refractivity contribution in [2.75, 3.05) is 12.8 Å². The molecule has 0 aliphatic heterocycles. The van der Waals surface area contributed by atoms with Crippen LogP contribution in [0.15, 0.2) is 36.7 Å². The molecule has 1 amide bonds. The van der Waals surface area contributed by atoms with Crippen molar-refractivity contribution in [1.29, 1.82) is 0 Å². The summed E-state index contributed by atoms with van der Waals surface area (Å²) in [4.78, 5) is 14.2. The molecule has 0 unspecified atom stereocenters. The van der Waals surface area contributed by atoms with Gasteiger partial charge in [0.15, 0.2) is 0 Å². The van der Waals surface area contributed by atoms with Gasteiger partial charge in [-0.05, 0) is 30.4 Å². The zero-order valence-corrected chi connectivity index (χ0v) is 14.6. The van der Waals surface area contributed by atoms with Gasteiger partial charge in [0.25, 0.3) is 0 Å². The van der Waals surface area contributed by atoms with E-state index in [1.165, 1.54) is 30.4 Å². The number of thioether (sulfide) groups is 1. The van der Waals surface area contributed by atoms with Crippen molar-refractivity contribution in [2.24, 2.45) is 7.05 Å². The van der Waals surface area contributed by atoms with Gasteiger partial charge in [0, 0.05) is 37.7 Å². The smallest absolute Gasteiger partial charge is 0.232 e. The Hall–Kier alpha value is -1.75. The third-order valence-corrected chi connectivity index (χ3v) is 5.63. The molecule has 2 aromatic rings. The summed E-state index contributed by atoms with van der Waals surface area (Å²) in [6, 6.07) is 8.65. The number of carbonyl (C=O) groups is 1. The van der Waals surface area contributed by atoms with Crippen LogP contribution in [0.1, 0.15) is 34.8 Å². The monoisotopic (exact) mass is 329 g/mol. The molecule has 5 heteroatoms. The van der Waals surface area contributed by atoms with E-state index in [9.17, 15) is 4.79 Å². The summed E-state index contributed by atoms with van der Waals surface area (Å²) < 4.78 is 1.77. The molecule has 1 aliphatic rings. The van der Waals surface area contributed by atoms with Crippen molar-refractivity contribution in [1.82, 2.24) is 14.7 Å². The molecule has 0 bridgehead atoms. The fraction of sp³-hybridized carbons (Fsp3) is 0.444. The summed E-state index contributed by atoms with van der Waals surface area (Å²) in [5.41, 5.74) is 3.94. The lowest BCUT2D eigenvalue weighted by atomic mass is 9.91. The Balaban J connectivity index is 1.55. The zero-order valence-electron chi connectivity index (χ0n) is 13.7. The minimum atomic E-state index is 0.182. The molecule has 122 valence electrons. The number of amides is 1. The van der Waals surface area contributed by atoms with Crippen molar-refractivity contribution in [3.05, 3.63) is 53.3 Å². The molecular formula is C18H23N3OS. The van der Waals surface area contributed by atoms with Gasteiger partial charge in [-0.1, -0.05) is 24.3 Å². The van der Waals surface area contributed by atoms with Crippen LogP contribution in [0.2, 0.25) is 0 Å². The van der Waals surface area contributed by atoms with Gasteiger partial charge >= 0.3 is 0 Å². The molecule has 1 aliphatic carbocycles. The van der Waals surface area contributed by atoms with Crippen molar-refractivity contribution in [3.8, 4) is 0 Å². The van der Waals surface area contributed by atoms with Crippen molar-refractivity contribution < 1.29 is 4.79 Å². The van der Waals surface area contributed by atoms with Crippen LogP contribution >= 0.6 is 11.8 Å². The summed E-state index contributed by atoms with van der Waals surface area (Å²) in [5.74, 6) is 0.720. The third-order valence-electron chi connectivity index (χ3n) is 4.33. The Kier molecular flexibility index (Phi) is 5.06. The van der Waals surface area contributed by atoms with Crippen LogP contribution < -0.4 is 0 Å². The highest BCUT2D eigenvalue weighted by Gasteiger charge is 2.21. The van der Waals surface area contributed by atoms with Gasteiger partial charge in [-0.25, -0.2) is 0 Å². The van der Waals surface area contributed by atoms with Crippen LogP contribution in [-0.4, -0.2) is 33.4 Å². The highest BCUT2D eigenvalue weighted by Crippen LogP contribution is 2.39. The van der Waals surface area contributed by atoms with E-state index in [0.29, 0.717) is 17.5 Å². The average molecular weight is 329 g/mol. The van der Waals surface area contributed by atoms with E-state index >= 15 is 0 Å². The summed E-state index contributed by atoms with van der Waals surface area (Å²) >= 11 is 1.78. The fourth-order valence-electron chi connectivity index (χ4n) is 3.08. The topological polar surface area (TPSA) is 38.1 Å². The summed E-state index contributed by atoms with van der Waals surface area (Å²) in [6.45, 7) is 0.620. The highest BCUT2D eigenvalue weighted by molar-refractivity contribution is 8.00. The van der Waals surface area contributed by atoms with E-state index in [-0.39, 0.29) is 5.91 Å². The largest absolute Gasteiger partial charge is 0.341 e. The summed E-state index contributed by atoms with van der Waals surface area (Å²) in [7, 11) is 3.76. The molecule has 0 saturated heterocycles. The van der Waals surface area contributed by atoms with Gasteiger partial charge in [-0.3, -0.25) is 9.48 Å². The predicted molar refractivity (Wildman–Crippen MR) is 94.3 cm³/mol. The molecule has 0 N–H and O–H groups in total. The van der Waals surface area contributed by atoms with Gasteiger partial charge in [0.2, 0.25) is 5.91 Å². The molecule has 1 atom stereocenters. The highest BCUT2D eigenvalue weighted by atomic mass is 32.2. The molecule has 1 heterocycles. The van der Waals surface area contributed by atoms with E-state index in [1.807, 2.05) is 26.5 Å². The average Bonchev–Trinajstić information content (AvgIpc) is 2.97. The van der Waals surface area contributed by atoms with Crippen LogP contribution in [0.5, 0.6) is 0 Å². The minimum absolute atomic E-state index is 0.182. The number of aryl methyl sites for hydroxylation is 2. The molecular weight excluding hydrogens is 306 g/mol. The number of hydrogen-bond donors (Lipinski definition) is 0. The van der Waals surface area contributed by atoms with Crippen LogP contribution in [0.4, 0.5) is 0 Å². The quantitative estimate of drug-likeness (QED) is 0.845. The van der Waals surface area contributed by atoms with Crippen molar-refractivity contribution in [2.45, 2.75) is 31.1 Å². The molecule has 0 saturated carbocycles. The van der Waals surface area contributed by atoms with E-state index < -0.39 is 0 Å². The molecule has 4 nitrogen and oxygen atoms in total. The Bertz CT molecular complexity index is 682. The van der Waals surface area contributed by atoms with Crippen molar-refractivity contribution >= 4 is 17.7 Å². The predicted octanol–water partition coefficient (Wildman–Crippen LogP) is 3.19. The normalized spacial score (nSPS) is 16.9. The second-order valence-corrected chi connectivity index (χ2v) is 7.35. The Morgan fingerprint density at radius 2 is 2.26 bits per heavy atom. The van der Waals surface area contributed by atoms with Gasteiger partial charge in [0.1, 0.15) is 0 Å². The third kappa shape index (κ3) is 3.96. The summed E-state index contributed by atoms with van der Waals surface area (Å²) in [5, 5.41) is 4.60. The second-order valence-electron chi connectivity index (χ2n) is 6.16. The first-order valence-corrected chi connectivity index (χ1v) is 9.09. The summed E-state index contributed by atoms with van der Waals surface area (Å²) in [6.07, 6.45) is 7.32. The molecule has 1 aromatic heterocycles. The fourth-order valence-corrected chi connectivity index (χ4v) is 4.39. The van der Waals surface area contributed by atoms with E-state index in [4.69, 9.17) is 0 Å². The number of hydrogen-bond acceptors (Lipinski definition) is 3. The number of aromatic nitrogens is 2. The van der Waals surface area contributed by atoms with Crippen LogP contribution in [-0.2, 0) is 24.8 Å². The maximum absolute atomic E-state index is 12.4. The van der Waals surface area contributed by atoms with E-state index in [2.05, 4.69) is 29.4 Å². The first-order valence-electron chi connectivity index (χ1n) is 8.04. The minimum Gasteiger partial charge on any atom is -0.341 e. The van der Waals surface area contributed by atoms with Crippen LogP contribution in [0.3, 0.4) is 0 Å². The Morgan fingerprint density at radius 3 is 3.04 bits per heavy atom. The number of nitrogens with zero attached hydrogens (tertiary/aromatic N) is 3. The van der Waals surface area contributed by atoms with Gasteiger partial charge < -0.3 is 4.90 Å². The van der Waals surface area contributed by atoms with Gasteiger partial charge in [-0.2, -0.15) is 5.10 Å². The van der Waals surface area contributed by atoms with Gasteiger partial charge in [-0.15, -0.1) is 11.8 Å². The molecule has 0 fully saturated rings. The number of fused-ring (bicyclic) bond motifs is 1. The Morgan fingerprint density at radius 1 is 1.43 bits per heavy atom. The molecule has 3 rings (SSSR count). The molecule has 0 spiro atoms. The maximum atomic E-state index is 12.4. The SMILES string of the molecule is CN(Cc1cnn(C)c1)C(=O)CS[C@@H]1CCCc2ccccc21. The zero-order chi connectivity index (χ0) is 16.2. The first-order chi connectivity index (χ1) is 11.1. The lowest BCUT2D eigenvalue weighted by molar-refractivity contribution is -0.127. The second kappa shape index (κ2) is 7.21. The lowest BCUT2D eigenvalue weighted by Gasteiger charge is -2.25. The number of carbonyl (C=O) groups excluding carboxylic acids is 1. The first kappa shape index (κ1) is 16.1. The number of rotatable bonds is 5. The molecule has 0 radical (unpaired) electrons. The standard InChI is InChI=1S/C18H23N3OS/c1-20(11-14-10-19-21(2)12-14)18(22)13-23-17-9-5-7-15-6-3-4-8-16(15)17/h3-4,6,8,10,12,17H,5,7,9,11,13H2,1-2H3/t17-/m1/s1. The van der Waals surface area contributed by atoms with Gasteiger partial charge in [0.05, 0.1) is 11.9 Å².